The van der Waals surface area contributed by atoms with E-state index >= 15 is 0 Å². The van der Waals surface area contributed by atoms with E-state index in [4.69, 9.17) is 18.5 Å². The molecular formula is C13H21O7P. The molecular weight excluding hydrogens is 299 g/mol. The maximum atomic E-state index is 12.1. The Labute approximate surface area is 124 Å². The van der Waals surface area contributed by atoms with Crippen molar-refractivity contribution in [2.24, 2.45) is 11.3 Å². The molecule has 0 aliphatic heterocycles. The molecule has 0 heterocycles. The van der Waals surface area contributed by atoms with Gasteiger partial charge in [-0.1, -0.05) is 6.08 Å². The Morgan fingerprint density at radius 3 is 2.29 bits per heavy atom. The van der Waals surface area contributed by atoms with Crippen LogP contribution in [0.1, 0.15) is 13.3 Å². The van der Waals surface area contributed by atoms with E-state index in [1.54, 1.807) is 6.92 Å². The van der Waals surface area contributed by atoms with Crippen molar-refractivity contribution in [2.45, 2.75) is 13.3 Å². The van der Waals surface area contributed by atoms with Gasteiger partial charge in [-0.3, -0.25) is 14.2 Å². The molecule has 0 spiro atoms. The van der Waals surface area contributed by atoms with Crippen molar-refractivity contribution in [1.82, 2.24) is 0 Å². The lowest BCUT2D eigenvalue weighted by atomic mass is 10.0. The summed E-state index contributed by atoms with van der Waals surface area (Å²) in [6.07, 6.45) is 1.77. The quantitative estimate of drug-likeness (QED) is 0.277. The Morgan fingerprint density at radius 2 is 1.86 bits per heavy atom. The summed E-state index contributed by atoms with van der Waals surface area (Å²) in [4.78, 5) is 24.1. The number of hydrogen-bond acceptors (Lipinski definition) is 7. The van der Waals surface area contributed by atoms with Gasteiger partial charge in [0, 0.05) is 20.1 Å². The number of esters is 2. The molecule has 0 N–H and O–H groups in total. The molecule has 7 nitrogen and oxygen atoms in total. The highest BCUT2D eigenvalue weighted by molar-refractivity contribution is 7.53. The van der Waals surface area contributed by atoms with Crippen molar-refractivity contribution in [3.63, 3.8) is 0 Å². The van der Waals surface area contributed by atoms with Gasteiger partial charge in [-0.15, -0.1) is 6.58 Å². The van der Waals surface area contributed by atoms with Crippen LogP contribution in [0.5, 0.6) is 0 Å². The second-order valence-corrected chi connectivity index (χ2v) is 6.97. The first kappa shape index (κ1) is 17.9. The van der Waals surface area contributed by atoms with E-state index in [1.165, 1.54) is 20.3 Å². The zero-order valence-electron chi connectivity index (χ0n) is 12.5. The number of carbonyl (C=O) groups is 2. The molecule has 2 atom stereocenters. The van der Waals surface area contributed by atoms with Gasteiger partial charge in [0.05, 0.1) is 12.8 Å². The van der Waals surface area contributed by atoms with Crippen LogP contribution in [0.4, 0.5) is 0 Å². The van der Waals surface area contributed by atoms with Crippen LogP contribution in [0.25, 0.3) is 0 Å². The van der Waals surface area contributed by atoms with E-state index in [9.17, 15) is 14.2 Å². The fraction of sp³-hybridized carbons (Fsp3) is 0.692. The van der Waals surface area contributed by atoms with Gasteiger partial charge < -0.3 is 18.5 Å². The summed E-state index contributed by atoms with van der Waals surface area (Å²) in [5, 5.41) is 0. The van der Waals surface area contributed by atoms with Gasteiger partial charge in [-0.2, -0.15) is 0 Å². The molecule has 1 aliphatic carbocycles. The Morgan fingerprint density at radius 1 is 1.29 bits per heavy atom. The highest BCUT2D eigenvalue weighted by Crippen LogP contribution is 2.55. The molecule has 0 bridgehead atoms. The van der Waals surface area contributed by atoms with E-state index in [1.807, 2.05) is 0 Å². The first-order chi connectivity index (χ1) is 9.90. The Bertz CT molecular complexity index is 453. The summed E-state index contributed by atoms with van der Waals surface area (Å²) in [6, 6.07) is 0. The van der Waals surface area contributed by atoms with Gasteiger partial charge in [0.1, 0.15) is 6.61 Å². The normalized spacial score (nSPS) is 24.2. The molecule has 1 aliphatic rings. The average Bonchev–Trinajstić information content (AvgIpc) is 3.23. The highest BCUT2D eigenvalue weighted by Gasteiger charge is 2.67. The molecule has 0 aromatic heterocycles. The van der Waals surface area contributed by atoms with Crippen LogP contribution in [-0.4, -0.2) is 45.5 Å². The summed E-state index contributed by atoms with van der Waals surface area (Å²) in [6.45, 7) is 5.27. The van der Waals surface area contributed by atoms with Crippen molar-refractivity contribution in [3.8, 4) is 0 Å². The fourth-order valence-electron chi connectivity index (χ4n) is 2.02. The van der Waals surface area contributed by atoms with Crippen molar-refractivity contribution in [3.05, 3.63) is 12.7 Å². The lowest BCUT2D eigenvalue weighted by Gasteiger charge is -2.16. The zero-order valence-corrected chi connectivity index (χ0v) is 13.4. The van der Waals surface area contributed by atoms with Gasteiger partial charge in [0.15, 0.2) is 5.41 Å². The number of carbonyl (C=O) groups excluding carboxylic acids is 2. The summed E-state index contributed by atoms with van der Waals surface area (Å²) >= 11 is 0. The van der Waals surface area contributed by atoms with Crippen LogP contribution in [0, 0.1) is 11.3 Å². The Hall–Kier alpha value is -1.17. The third-order valence-electron chi connectivity index (χ3n) is 3.46. The van der Waals surface area contributed by atoms with E-state index < -0.39 is 24.9 Å². The maximum absolute atomic E-state index is 12.1. The highest BCUT2D eigenvalue weighted by atomic mass is 31.2. The van der Waals surface area contributed by atoms with E-state index in [-0.39, 0.29) is 25.3 Å². The van der Waals surface area contributed by atoms with E-state index in [0.29, 0.717) is 6.42 Å². The van der Waals surface area contributed by atoms with Gasteiger partial charge in [-0.05, 0) is 13.3 Å². The predicted molar refractivity (Wildman–Crippen MR) is 74.8 cm³/mol. The average molecular weight is 320 g/mol. The van der Waals surface area contributed by atoms with Crippen LogP contribution >= 0.6 is 7.60 Å². The molecule has 8 heteroatoms. The molecule has 0 amide bonds. The number of ether oxygens (including phenoxy) is 2. The standard InChI is InChI=1S/C13H21O7P/c1-5-10-9-13(10,11(14)19-6-2)12(15)20-7-8-21(16,17-3)18-4/h5,10H,1,6-9H2,2-4H3. The Balaban J connectivity index is 2.62. The molecule has 0 radical (unpaired) electrons. The minimum atomic E-state index is -3.24. The van der Waals surface area contributed by atoms with Crippen LogP contribution < -0.4 is 0 Å². The van der Waals surface area contributed by atoms with Gasteiger partial charge >= 0.3 is 19.5 Å². The minimum absolute atomic E-state index is 0.0800. The molecule has 0 saturated heterocycles. The van der Waals surface area contributed by atoms with Gasteiger partial charge in [-0.25, -0.2) is 0 Å². The van der Waals surface area contributed by atoms with E-state index in [0.717, 1.165) is 0 Å². The molecule has 1 saturated carbocycles. The largest absolute Gasteiger partial charge is 0.465 e. The second-order valence-electron chi connectivity index (χ2n) is 4.57. The maximum Gasteiger partial charge on any atom is 0.333 e. The second kappa shape index (κ2) is 7.20. The zero-order chi connectivity index (χ0) is 16.1. The molecule has 120 valence electrons. The first-order valence-corrected chi connectivity index (χ1v) is 8.30. The van der Waals surface area contributed by atoms with Crippen molar-refractivity contribution in [2.75, 3.05) is 33.6 Å². The summed E-state index contributed by atoms with van der Waals surface area (Å²) in [7, 11) is -0.740. The van der Waals surface area contributed by atoms with Crippen molar-refractivity contribution in [1.29, 1.82) is 0 Å². The van der Waals surface area contributed by atoms with E-state index in [2.05, 4.69) is 6.58 Å². The topological polar surface area (TPSA) is 88.1 Å². The van der Waals surface area contributed by atoms with Crippen LogP contribution in [0.15, 0.2) is 12.7 Å². The number of rotatable bonds is 9. The molecule has 1 fully saturated rings. The van der Waals surface area contributed by atoms with Gasteiger partial charge in [0.25, 0.3) is 0 Å². The van der Waals surface area contributed by atoms with Crippen molar-refractivity contribution >= 4 is 19.5 Å². The summed E-state index contributed by atoms with van der Waals surface area (Å²) in [5.41, 5.74) is -1.30. The summed E-state index contributed by atoms with van der Waals surface area (Å²) < 4.78 is 31.2. The minimum Gasteiger partial charge on any atom is -0.465 e. The fourth-order valence-corrected chi connectivity index (χ4v) is 2.85. The van der Waals surface area contributed by atoms with Crippen LogP contribution in [0.2, 0.25) is 0 Å². The number of hydrogen-bond donors (Lipinski definition) is 0. The molecule has 1 rings (SSSR count). The Kier molecular flexibility index (Phi) is 6.13. The van der Waals surface area contributed by atoms with Crippen molar-refractivity contribution < 1.29 is 32.7 Å². The first-order valence-electron chi connectivity index (χ1n) is 6.57. The smallest absolute Gasteiger partial charge is 0.333 e. The van der Waals surface area contributed by atoms with Crippen LogP contribution in [-0.2, 0) is 32.7 Å². The SMILES string of the molecule is C=CC1CC1(C(=O)OCC)C(=O)OCCP(=O)(OC)OC. The van der Waals surface area contributed by atoms with Gasteiger partial charge in [0.2, 0.25) is 0 Å². The third-order valence-corrected chi connectivity index (χ3v) is 5.30. The molecule has 21 heavy (non-hydrogen) atoms. The molecule has 2 unspecified atom stereocenters. The molecule has 0 aromatic carbocycles. The lowest BCUT2D eigenvalue weighted by Crippen LogP contribution is -2.32. The number of allylic oxidation sites excluding steroid dienone is 1. The summed E-state index contributed by atoms with van der Waals surface area (Å²) in [5.74, 6) is -1.59. The lowest BCUT2D eigenvalue weighted by molar-refractivity contribution is -0.164. The van der Waals surface area contributed by atoms with Crippen LogP contribution in [0.3, 0.4) is 0 Å². The third kappa shape index (κ3) is 3.73. The predicted octanol–water partition coefficient (Wildman–Crippen LogP) is 1.77. The molecule has 0 aromatic rings. The monoisotopic (exact) mass is 320 g/mol.